The lowest BCUT2D eigenvalue weighted by Gasteiger charge is -2.09. The quantitative estimate of drug-likeness (QED) is 0.470. The summed E-state index contributed by atoms with van der Waals surface area (Å²) < 4.78 is 0. The summed E-state index contributed by atoms with van der Waals surface area (Å²) in [6.45, 7) is 3.13. The first-order valence-electron chi connectivity index (χ1n) is 10.8. The summed E-state index contributed by atoms with van der Waals surface area (Å²) in [6, 6.07) is 14.1. The number of aryl methyl sites for hydroxylation is 1. The molecule has 0 atom stereocenters. The molecule has 2 aromatic carbocycles. The molecule has 0 spiro atoms. The fourth-order valence-electron chi connectivity index (χ4n) is 3.58. The van der Waals surface area contributed by atoms with Crippen molar-refractivity contribution in [1.82, 2.24) is 15.2 Å². The Morgan fingerprint density at radius 1 is 0.968 bits per heavy atom. The molecule has 0 aliphatic rings. The molecule has 0 saturated heterocycles. The monoisotopic (exact) mass is 420 g/mol. The van der Waals surface area contributed by atoms with E-state index in [0.717, 1.165) is 36.2 Å². The van der Waals surface area contributed by atoms with Gasteiger partial charge in [0.05, 0.1) is 0 Å². The maximum Gasteiger partial charge on any atom is 0.221 e. The van der Waals surface area contributed by atoms with Gasteiger partial charge in [0.25, 0.3) is 0 Å². The first-order chi connectivity index (χ1) is 14.9. The van der Waals surface area contributed by atoms with Crippen molar-refractivity contribution in [1.29, 1.82) is 0 Å². The number of benzene rings is 2. The Morgan fingerprint density at radius 2 is 1.71 bits per heavy atom. The third-order valence-electron chi connectivity index (χ3n) is 5.31. The molecule has 0 aliphatic carbocycles. The standard InChI is InChI=1S/C25H32N4O2/c1-18(30)28-22-8-4-19(5-9-22)7-11-25(31)26-14-12-20-6-10-24-23(16-20)21(17-27-24)13-15-29(2)3/h4-6,8-10,16-17,27H,7,11-15H2,1-3H3,(H,26,31)(H,28,30). The molecule has 164 valence electrons. The first kappa shape index (κ1) is 22.6. The number of hydrogen-bond acceptors (Lipinski definition) is 3. The molecule has 6 nitrogen and oxygen atoms in total. The summed E-state index contributed by atoms with van der Waals surface area (Å²) in [4.78, 5) is 28.8. The summed E-state index contributed by atoms with van der Waals surface area (Å²) in [6.07, 6.45) is 5.05. The molecule has 0 saturated carbocycles. The van der Waals surface area contributed by atoms with Gasteiger partial charge in [0.2, 0.25) is 11.8 Å². The van der Waals surface area contributed by atoms with E-state index in [4.69, 9.17) is 0 Å². The van der Waals surface area contributed by atoms with Crippen molar-refractivity contribution in [3.63, 3.8) is 0 Å². The van der Waals surface area contributed by atoms with Crippen LogP contribution in [0.4, 0.5) is 5.69 Å². The Labute approximate surface area is 184 Å². The Hall–Kier alpha value is -3.12. The molecule has 0 radical (unpaired) electrons. The molecule has 6 heteroatoms. The fourth-order valence-corrected chi connectivity index (χ4v) is 3.58. The van der Waals surface area contributed by atoms with Crippen LogP contribution in [0.1, 0.15) is 30.0 Å². The van der Waals surface area contributed by atoms with E-state index in [-0.39, 0.29) is 11.8 Å². The van der Waals surface area contributed by atoms with E-state index in [1.54, 1.807) is 0 Å². The third-order valence-corrected chi connectivity index (χ3v) is 5.31. The normalized spacial score (nSPS) is 11.1. The lowest BCUT2D eigenvalue weighted by molar-refractivity contribution is -0.121. The van der Waals surface area contributed by atoms with E-state index in [0.29, 0.717) is 19.4 Å². The summed E-state index contributed by atoms with van der Waals surface area (Å²) in [5, 5.41) is 7.04. The number of fused-ring (bicyclic) bond motifs is 1. The van der Waals surface area contributed by atoms with Crippen molar-refractivity contribution >= 4 is 28.4 Å². The van der Waals surface area contributed by atoms with Crippen LogP contribution in [0, 0.1) is 0 Å². The Kier molecular flexibility index (Phi) is 7.84. The van der Waals surface area contributed by atoms with E-state index in [2.05, 4.69) is 59.0 Å². The Bertz CT molecular complexity index is 1020. The van der Waals surface area contributed by atoms with Crippen LogP contribution in [0.25, 0.3) is 10.9 Å². The van der Waals surface area contributed by atoms with Gasteiger partial charge in [-0.05, 0) is 74.3 Å². The zero-order valence-corrected chi connectivity index (χ0v) is 18.6. The zero-order chi connectivity index (χ0) is 22.2. The van der Waals surface area contributed by atoms with Gasteiger partial charge in [-0.15, -0.1) is 0 Å². The number of likely N-dealkylation sites (N-methyl/N-ethyl adjacent to an activating group) is 1. The molecule has 3 N–H and O–H groups in total. The molecule has 3 rings (SSSR count). The highest BCUT2D eigenvalue weighted by Crippen LogP contribution is 2.21. The van der Waals surface area contributed by atoms with Crippen molar-refractivity contribution in [3.8, 4) is 0 Å². The fraction of sp³-hybridized carbons (Fsp3) is 0.360. The van der Waals surface area contributed by atoms with Crippen molar-refractivity contribution in [2.24, 2.45) is 0 Å². The van der Waals surface area contributed by atoms with Crippen LogP contribution in [-0.4, -0.2) is 48.9 Å². The van der Waals surface area contributed by atoms with Crippen LogP contribution in [0.3, 0.4) is 0 Å². The zero-order valence-electron chi connectivity index (χ0n) is 18.6. The van der Waals surface area contributed by atoms with Crippen LogP contribution < -0.4 is 10.6 Å². The van der Waals surface area contributed by atoms with Gasteiger partial charge in [-0.2, -0.15) is 0 Å². The van der Waals surface area contributed by atoms with Crippen molar-refractivity contribution in [2.75, 3.05) is 32.5 Å². The number of aromatic amines is 1. The molecule has 0 aliphatic heterocycles. The van der Waals surface area contributed by atoms with Crippen LogP contribution in [0.15, 0.2) is 48.7 Å². The predicted molar refractivity (Wildman–Crippen MR) is 126 cm³/mol. The average molecular weight is 421 g/mol. The number of nitrogens with zero attached hydrogens (tertiary/aromatic N) is 1. The summed E-state index contributed by atoms with van der Waals surface area (Å²) in [5.41, 5.74) is 5.56. The largest absolute Gasteiger partial charge is 0.361 e. The predicted octanol–water partition coefficient (Wildman–Crippen LogP) is 3.52. The van der Waals surface area contributed by atoms with Crippen molar-refractivity contribution in [2.45, 2.75) is 32.6 Å². The molecule has 1 aromatic heterocycles. The van der Waals surface area contributed by atoms with E-state index in [1.807, 2.05) is 24.3 Å². The van der Waals surface area contributed by atoms with Crippen LogP contribution >= 0.6 is 0 Å². The molecule has 3 aromatic rings. The average Bonchev–Trinajstić information content (AvgIpc) is 3.13. The van der Waals surface area contributed by atoms with E-state index >= 15 is 0 Å². The second kappa shape index (κ2) is 10.8. The number of aromatic nitrogens is 1. The molecule has 0 fully saturated rings. The van der Waals surface area contributed by atoms with Crippen LogP contribution in [-0.2, 0) is 28.9 Å². The minimum absolute atomic E-state index is 0.0559. The lowest BCUT2D eigenvalue weighted by Crippen LogP contribution is -2.25. The highest BCUT2D eigenvalue weighted by atomic mass is 16.2. The van der Waals surface area contributed by atoms with E-state index in [9.17, 15) is 9.59 Å². The van der Waals surface area contributed by atoms with Gasteiger partial charge in [0, 0.05) is 49.2 Å². The molecule has 0 bridgehead atoms. The summed E-state index contributed by atoms with van der Waals surface area (Å²) in [7, 11) is 4.17. The van der Waals surface area contributed by atoms with Gasteiger partial charge < -0.3 is 20.5 Å². The van der Waals surface area contributed by atoms with Crippen molar-refractivity contribution in [3.05, 3.63) is 65.4 Å². The SMILES string of the molecule is CC(=O)Nc1ccc(CCC(=O)NCCc2ccc3[nH]cc(CCN(C)C)c3c2)cc1. The molecule has 1 heterocycles. The van der Waals surface area contributed by atoms with Gasteiger partial charge in [0.1, 0.15) is 0 Å². The number of nitrogens with one attached hydrogen (secondary N) is 3. The number of carbonyl (C=O) groups is 2. The Balaban J connectivity index is 1.45. The minimum Gasteiger partial charge on any atom is -0.361 e. The van der Waals surface area contributed by atoms with Crippen LogP contribution in [0.2, 0.25) is 0 Å². The number of amides is 2. The number of carbonyl (C=O) groups excluding carboxylic acids is 2. The van der Waals surface area contributed by atoms with Crippen molar-refractivity contribution < 1.29 is 9.59 Å². The maximum absolute atomic E-state index is 12.2. The van der Waals surface area contributed by atoms with E-state index < -0.39 is 0 Å². The summed E-state index contributed by atoms with van der Waals surface area (Å²) in [5.74, 6) is -0.0343. The van der Waals surface area contributed by atoms with Gasteiger partial charge in [0.15, 0.2) is 0 Å². The van der Waals surface area contributed by atoms with Gasteiger partial charge in [-0.25, -0.2) is 0 Å². The van der Waals surface area contributed by atoms with Gasteiger partial charge in [-0.1, -0.05) is 18.2 Å². The minimum atomic E-state index is -0.0902. The maximum atomic E-state index is 12.2. The highest BCUT2D eigenvalue weighted by Gasteiger charge is 2.07. The van der Waals surface area contributed by atoms with E-state index in [1.165, 1.54) is 23.4 Å². The smallest absolute Gasteiger partial charge is 0.221 e. The molecule has 2 amide bonds. The number of rotatable bonds is 10. The van der Waals surface area contributed by atoms with Crippen LogP contribution in [0.5, 0.6) is 0 Å². The topological polar surface area (TPSA) is 77.2 Å². The van der Waals surface area contributed by atoms with Gasteiger partial charge >= 0.3 is 0 Å². The first-order valence-corrected chi connectivity index (χ1v) is 10.8. The molecular weight excluding hydrogens is 388 g/mol. The third kappa shape index (κ3) is 6.96. The Morgan fingerprint density at radius 3 is 2.42 bits per heavy atom. The number of H-pyrrole nitrogens is 1. The molecule has 0 unspecified atom stereocenters. The molecule has 31 heavy (non-hydrogen) atoms. The molecular formula is C25H32N4O2. The number of anilines is 1. The summed E-state index contributed by atoms with van der Waals surface area (Å²) >= 11 is 0. The second-order valence-corrected chi connectivity index (χ2v) is 8.23. The lowest BCUT2D eigenvalue weighted by atomic mass is 10.1. The number of hydrogen-bond donors (Lipinski definition) is 3. The second-order valence-electron chi connectivity index (χ2n) is 8.23. The van der Waals surface area contributed by atoms with Gasteiger partial charge in [-0.3, -0.25) is 9.59 Å². The highest BCUT2D eigenvalue weighted by molar-refractivity contribution is 5.88.